The molecule has 1 aromatic carbocycles. The van der Waals surface area contributed by atoms with Crippen LogP contribution in [0.3, 0.4) is 0 Å². The topological polar surface area (TPSA) is 45.0 Å². The van der Waals surface area contributed by atoms with Gasteiger partial charge in [-0.25, -0.2) is 0 Å². The Kier molecular flexibility index (Phi) is 2.15. The summed E-state index contributed by atoms with van der Waals surface area (Å²) in [7, 11) is 0. The maximum Gasteiger partial charge on any atom is 0.0992 e. The normalized spacial score (nSPS) is 15.9. The van der Waals surface area contributed by atoms with E-state index in [1.54, 1.807) is 6.07 Å². The zero-order chi connectivity index (χ0) is 9.10. The van der Waals surface area contributed by atoms with Gasteiger partial charge in [-0.1, -0.05) is 6.07 Å². The predicted molar refractivity (Wildman–Crippen MR) is 49.4 cm³/mol. The molecule has 0 radical (unpaired) electrons. The quantitative estimate of drug-likeness (QED) is 0.736. The van der Waals surface area contributed by atoms with Crippen LogP contribution in [0.4, 0.5) is 5.69 Å². The van der Waals surface area contributed by atoms with Gasteiger partial charge in [0.1, 0.15) is 0 Å². The second kappa shape index (κ2) is 3.46. The molecule has 1 saturated heterocycles. The molecule has 0 atom stereocenters. The van der Waals surface area contributed by atoms with Gasteiger partial charge in [-0.3, -0.25) is 0 Å². The minimum absolute atomic E-state index is 0.411. The zero-order valence-electron chi connectivity index (χ0n) is 7.16. The highest BCUT2D eigenvalue weighted by Crippen LogP contribution is 2.13. The molecule has 0 unspecified atom stereocenters. The molecule has 3 heteroatoms. The van der Waals surface area contributed by atoms with Crippen molar-refractivity contribution in [1.29, 1.82) is 5.26 Å². The third-order valence-electron chi connectivity index (χ3n) is 2.00. The fraction of sp³-hybridized carbons (Fsp3) is 0.300. The Hall–Kier alpha value is -1.53. The molecule has 3 nitrogen and oxygen atoms in total. The maximum absolute atomic E-state index is 8.66. The second-order valence-corrected chi connectivity index (χ2v) is 3.07. The van der Waals surface area contributed by atoms with Gasteiger partial charge in [-0.2, -0.15) is 5.26 Å². The van der Waals surface area contributed by atoms with Gasteiger partial charge in [0.15, 0.2) is 0 Å². The molecule has 0 saturated carbocycles. The van der Waals surface area contributed by atoms with Crippen LogP contribution in [0.15, 0.2) is 24.3 Å². The zero-order valence-corrected chi connectivity index (χ0v) is 7.16. The molecule has 13 heavy (non-hydrogen) atoms. The summed E-state index contributed by atoms with van der Waals surface area (Å²) in [6, 6.07) is 9.99. The van der Waals surface area contributed by atoms with E-state index in [0.29, 0.717) is 11.6 Å². The van der Waals surface area contributed by atoms with E-state index < -0.39 is 0 Å². The maximum atomic E-state index is 8.66. The van der Waals surface area contributed by atoms with Crippen LogP contribution in [-0.4, -0.2) is 19.3 Å². The van der Waals surface area contributed by atoms with Gasteiger partial charge in [0.05, 0.1) is 30.9 Å². The molecule has 1 heterocycles. The summed E-state index contributed by atoms with van der Waals surface area (Å²) < 4.78 is 5.04. The lowest BCUT2D eigenvalue weighted by atomic mass is 10.2. The van der Waals surface area contributed by atoms with Crippen LogP contribution in [0.1, 0.15) is 5.56 Å². The number of nitrogens with zero attached hydrogens (tertiary/aromatic N) is 1. The predicted octanol–water partition coefficient (Wildman–Crippen LogP) is 1.37. The van der Waals surface area contributed by atoms with E-state index in [1.807, 2.05) is 18.2 Å². The SMILES string of the molecule is N#Cc1cccc(NC2COC2)c1. The Morgan fingerprint density at radius 3 is 2.92 bits per heavy atom. The van der Waals surface area contributed by atoms with Crippen LogP contribution in [0.5, 0.6) is 0 Å². The first kappa shape index (κ1) is 8.09. The first-order valence-electron chi connectivity index (χ1n) is 4.23. The summed E-state index contributed by atoms with van der Waals surface area (Å²) in [5.41, 5.74) is 1.68. The minimum atomic E-state index is 0.411. The van der Waals surface area contributed by atoms with Gasteiger partial charge in [0.25, 0.3) is 0 Å². The third-order valence-corrected chi connectivity index (χ3v) is 2.00. The molecule has 1 aliphatic heterocycles. The van der Waals surface area contributed by atoms with E-state index in [2.05, 4.69) is 11.4 Å². The standard InChI is InChI=1S/C10H10N2O/c11-5-8-2-1-3-9(4-8)12-10-6-13-7-10/h1-4,10,12H,6-7H2. The molecule has 0 bridgehead atoms. The molecule has 0 spiro atoms. The van der Waals surface area contributed by atoms with Crippen molar-refractivity contribution in [1.82, 2.24) is 0 Å². The van der Waals surface area contributed by atoms with Crippen LogP contribution in [0, 0.1) is 11.3 Å². The van der Waals surface area contributed by atoms with Crippen LogP contribution >= 0.6 is 0 Å². The van der Waals surface area contributed by atoms with Gasteiger partial charge < -0.3 is 10.1 Å². The first-order valence-corrected chi connectivity index (χ1v) is 4.23. The second-order valence-electron chi connectivity index (χ2n) is 3.07. The molecule has 1 N–H and O–H groups in total. The monoisotopic (exact) mass is 174 g/mol. The number of ether oxygens (including phenoxy) is 1. The summed E-state index contributed by atoms with van der Waals surface area (Å²) in [5.74, 6) is 0. The van der Waals surface area contributed by atoms with Crippen molar-refractivity contribution in [2.75, 3.05) is 18.5 Å². The lowest BCUT2D eigenvalue weighted by molar-refractivity contribution is 0.0211. The molecule has 0 aromatic heterocycles. The van der Waals surface area contributed by atoms with Crippen LogP contribution in [0.25, 0.3) is 0 Å². The van der Waals surface area contributed by atoms with Gasteiger partial charge in [-0.15, -0.1) is 0 Å². The average molecular weight is 174 g/mol. The van der Waals surface area contributed by atoms with Crippen molar-refractivity contribution in [2.24, 2.45) is 0 Å². The molecule has 1 fully saturated rings. The number of benzene rings is 1. The lowest BCUT2D eigenvalue weighted by Gasteiger charge is -2.27. The van der Waals surface area contributed by atoms with Crippen molar-refractivity contribution in [3.63, 3.8) is 0 Å². The number of anilines is 1. The van der Waals surface area contributed by atoms with Crippen LogP contribution in [0.2, 0.25) is 0 Å². The molecule has 1 aromatic rings. The molecule has 66 valence electrons. The number of nitriles is 1. The molecule has 0 amide bonds. The van der Waals surface area contributed by atoms with E-state index in [1.165, 1.54) is 0 Å². The Labute approximate surface area is 76.9 Å². The highest BCUT2D eigenvalue weighted by molar-refractivity contribution is 5.49. The summed E-state index contributed by atoms with van der Waals surface area (Å²) in [4.78, 5) is 0. The fourth-order valence-corrected chi connectivity index (χ4v) is 1.23. The molecule has 0 aliphatic carbocycles. The molecular formula is C10H10N2O. The van der Waals surface area contributed by atoms with Gasteiger partial charge in [-0.05, 0) is 18.2 Å². The third kappa shape index (κ3) is 1.79. The smallest absolute Gasteiger partial charge is 0.0992 e. The van der Waals surface area contributed by atoms with E-state index in [-0.39, 0.29) is 0 Å². The van der Waals surface area contributed by atoms with E-state index >= 15 is 0 Å². The Bertz CT molecular complexity index is 339. The highest BCUT2D eigenvalue weighted by atomic mass is 16.5. The van der Waals surface area contributed by atoms with Gasteiger partial charge in [0.2, 0.25) is 0 Å². The van der Waals surface area contributed by atoms with E-state index in [0.717, 1.165) is 18.9 Å². The summed E-state index contributed by atoms with van der Waals surface area (Å²) in [6.45, 7) is 1.52. The molecular weight excluding hydrogens is 164 g/mol. The number of rotatable bonds is 2. The lowest BCUT2D eigenvalue weighted by Crippen LogP contribution is -2.40. The van der Waals surface area contributed by atoms with Gasteiger partial charge in [0, 0.05) is 5.69 Å². The van der Waals surface area contributed by atoms with Gasteiger partial charge >= 0.3 is 0 Å². The Morgan fingerprint density at radius 1 is 1.46 bits per heavy atom. The summed E-state index contributed by atoms with van der Waals surface area (Å²) in [5, 5.41) is 11.9. The van der Waals surface area contributed by atoms with Crippen molar-refractivity contribution < 1.29 is 4.74 Å². The number of hydrogen-bond acceptors (Lipinski definition) is 3. The van der Waals surface area contributed by atoms with Crippen molar-refractivity contribution in [3.8, 4) is 6.07 Å². The van der Waals surface area contributed by atoms with Crippen molar-refractivity contribution >= 4 is 5.69 Å². The first-order chi connectivity index (χ1) is 6.38. The van der Waals surface area contributed by atoms with Crippen LogP contribution < -0.4 is 5.32 Å². The Morgan fingerprint density at radius 2 is 2.31 bits per heavy atom. The van der Waals surface area contributed by atoms with E-state index in [4.69, 9.17) is 10.00 Å². The Balaban J connectivity index is 2.07. The molecule has 1 aliphatic rings. The van der Waals surface area contributed by atoms with E-state index in [9.17, 15) is 0 Å². The summed E-state index contributed by atoms with van der Waals surface area (Å²) >= 11 is 0. The number of hydrogen-bond donors (Lipinski definition) is 1. The van der Waals surface area contributed by atoms with Crippen molar-refractivity contribution in [3.05, 3.63) is 29.8 Å². The average Bonchev–Trinajstić information content (AvgIpc) is 2.12. The highest BCUT2D eigenvalue weighted by Gasteiger charge is 2.17. The largest absolute Gasteiger partial charge is 0.378 e. The van der Waals surface area contributed by atoms with Crippen molar-refractivity contribution in [2.45, 2.75) is 6.04 Å². The minimum Gasteiger partial charge on any atom is -0.378 e. The van der Waals surface area contributed by atoms with Crippen LogP contribution in [-0.2, 0) is 4.74 Å². The fourth-order valence-electron chi connectivity index (χ4n) is 1.23. The molecule has 2 rings (SSSR count). The number of nitrogens with one attached hydrogen (secondary N) is 1. The summed E-state index contributed by atoms with van der Waals surface area (Å²) in [6.07, 6.45) is 0.